The van der Waals surface area contributed by atoms with Crippen LogP contribution in [0.15, 0.2) is 20.9 Å². The lowest BCUT2D eigenvalue weighted by atomic mass is 10.2. The number of nitrogens with zero attached hydrogens (tertiary/aromatic N) is 3. The van der Waals surface area contributed by atoms with E-state index in [1.54, 1.807) is 6.07 Å². The maximum absolute atomic E-state index is 12.9. The lowest BCUT2D eigenvalue weighted by molar-refractivity contribution is 0.289. The van der Waals surface area contributed by atoms with Crippen molar-refractivity contribution in [2.45, 2.75) is 49.4 Å². The average Bonchev–Trinajstić information content (AvgIpc) is 3.25. The molecule has 1 N–H and O–H groups in total. The molecule has 2 atom stereocenters. The minimum Gasteiger partial charge on any atom is -0.338 e. The van der Waals surface area contributed by atoms with Crippen LogP contribution in [0.4, 0.5) is 0 Å². The number of likely N-dealkylation sites (N-methyl/N-ethyl adjacent to an activating group) is 1. The molecule has 0 amide bonds. The smallest absolute Gasteiger partial charge is 0.253 e. The van der Waals surface area contributed by atoms with Crippen LogP contribution in [0, 0.1) is 6.92 Å². The molecule has 24 heavy (non-hydrogen) atoms. The molecule has 0 spiro atoms. The maximum Gasteiger partial charge on any atom is 0.253 e. The van der Waals surface area contributed by atoms with Gasteiger partial charge >= 0.3 is 0 Å². The van der Waals surface area contributed by atoms with Crippen molar-refractivity contribution < 1.29 is 12.9 Å². The van der Waals surface area contributed by atoms with Crippen LogP contribution >= 0.6 is 11.3 Å². The SMILES string of the molecule is CNC(C)Cc1noc(C2CCCN2S(=O)(=O)c2ccc(C)s2)n1. The van der Waals surface area contributed by atoms with Gasteiger partial charge in [0.1, 0.15) is 10.3 Å². The Labute approximate surface area is 146 Å². The molecule has 2 unspecified atom stereocenters. The van der Waals surface area contributed by atoms with Gasteiger partial charge < -0.3 is 9.84 Å². The molecule has 3 heterocycles. The van der Waals surface area contributed by atoms with Crippen LogP contribution in [0.1, 0.15) is 42.4 Å². The van der Waals surface area contributed by atoms with Crippen LogP contribution in [0.3, 0.4) is 0 Å². The summed E-state index contributed by atoms with van der Waals surface area (Å²) in [5, 5.41) is 7.12. The first-order chi connectivity index (χ1) is 11.4. The number of aromatic nitrogens is 2. The molecule has 2 aromatic heterocycles. The molecule has 9 heteroatoms. The molecule has 0 radical (unpaired) electrons. The standard InChI is InChI=1S/C15H22N4O3S2/c1-10(16-3)9-13-17-15(22-18-13)12-5-4-8-19(12)24(20,21)14-7-6-11(2)23-14/h6-7,10,12,16H,4-5,8-9H2,1-3H3. The second kappa shape index (κ2) is 6.91. The monoisotopic (exact) mass is 370 g/mol. The molecule has 1 aliphatic rings. The molecule has 3 rings (SSSR count). The van der Waals surface area contributed by atoms with Gasteiger partial charge in [0.05, 0.1) is 0 Å². The molecule has 0 saturated carbocycles. The predicted octanol–water partition coefficient (Wildman–Crippen LogP) is 2.12. The number of hydrogen-bond donors (Lipinski definition) is 1. The van der Waals surface area contributed by atoms with Crippen LogP contribution in [0.25, 0.3) is 0 Å². The van der Waals surface area contributed by atoms with Crippen LogP contribution in [-0.4, -0.2) is 42.5 Å². The molecule has 0 bridgehead atoms. The number of hydrogen-bond acceptors (Lipinski definition) is 7. The van der Waals surface area contributed by atoms with Crippen LogP contribution in [0.2, 0.25) is 0 Å². The Morgan fingerprint density at radius 3 is 2.96 bits per heavy atom. The zero-order valence-electron chi connectivity index (χ0n) is 14.0. The average molecular weight is 371 g/mol. The van der Waals surface area contributed by atoms with Crippen molar-refractivity contribution in [3.05, 3.63) is 28.7 Å². The summed E-state index contributed by atoms with van der Waals surface area (Å²) in [7, 11) is -1.65. The maximum atomic E-state index is 12.9. The minimum atomic E-state index is -3.52. The van der Waals surface area contributed by atoms with E-state index in [0.29, 0.717) is 35.3 Å². The molecule has 0 aromatic carbocycles. The Hall–Kier alpha value is -1.29. The first-order valence-corrected chi connectivity index (χ1v) is 10.3. The van der Waals surface area contributed by atoms with Crippen molar-refractivity contribution >= 4 is 21.4 Å². The van der Waals surface area contributed by atoms with Gasteiger partial charge in [-0.2, -0.15) is 9.29 Å². The largest absolute Gasteiger partial charge is 0.338 e. The number of nitrogens with one attached hydrogen (secondary N) is 1. The molecule has 0 aliphatic carbocycles. The normalized spacial score (nSPS) is 20.5. The summed E-state index contributed by atoms with van der Waals surface area (Å²) in [5.41, 5.74) is 0. The van der Waals surface area contributed by atoms with E-state index in [2.05, 4.69) is 15.5 Å². The molecular weight excluding hydrogens is 348 g/mol. The highest BCUT2D eigenvalue weighted by Gasteiger charge is 2.39. The number of thiophene rings is 1. The summed E-state index contributed by atoms with van der Waals surface area (Å²) >= 11 is 1.29. The summed E-state index contributed by atoms with van der Waals surface area (Å²) in [6, 6.07) is 3.35. The molecule has 2 aromatic rings. The molecule has 1 aliphatic heterocycles. The lowest BCUT2D eigenvalue weighted by Crippen LogP contribution is -2.30. The van der Waals surface area contributed by atoms with Gasteiger partial charge in [-0.05, 0) is 45.9 Å². The van der Waals surface area contributed by atoms with Crippen LogP contribution < -0.4 is 5.32 Å². The van der Waals surface area contributed by atoms with E-state index in [9.17, 15) is 8.42 Å². The summed E-state index contributed by atoms with van der Waals surface area (Å²) < 4.78 is 33.0. The molecule has 132 valence electrons. The molecular formula is C15H22N4O3S2. The molecule has 1 saturated heterocycles. The Balaban J connectivity index is 1.83. The second-order valence-electron chi connectivity index (χ2n) is 6.08. The number of sulfonamides is 1. The van der Waals surface area contributed by atoms with Gasteiger partial charge in [0, 0.05) is 23.9 Å². The quantitative estimate of drug-likeness (QED) is 0.838. The van der Waals surface area contributed by atoms with Gasteiger partial charge in [0.2, 0.25) is 5.89 Å². The highest BCUT2D eigenvalue weighted by atomic mass is 32.2. The number of rotatable bonds is 6. The van der Waals surface area contributed by atoms with Crippen molar-refractivity contribution in [2.24, 2.45) is 0 Å². The lowest BCUT2D eigenvalue weighted by Gasteiger charge is -2.20. The third-order valence-electron chi connectivity index (χ3n) is 4.23. The fourth-order valence-electron chi connectivity index (χ4n) is 2.80. The predicted molar refractivity (Wildman–Crippen MR) is 91.4 cm³/mol. The van der Waals surface area contributed by atoms with Gasteiger partial charge in [0.15, 0.2) is 5.82 Å². The zero-order valence-corrected chi connectivity index (χ0v) is 15.7. The summed E-state index contributed by atoms with van der Waals surface area (Å²) in [6.45, 7) is 4.41. The van der Waals surface area contributed by atoms with Gasteiger partial charge in [-0.3, -0.25) is 0 Å². The third kappa shape index (κ3) is 3.39. The van der Waals surface area contributed by atoms with Crippen molar-refractivity contribution in [3.8, 4) is 0 Å². The van der Waals surface area contributed by atoms with Crippen molar-refractivity contribution in [1.82, 2.24) is 19.8 Å². The Bertz CT molecular complexity index is 799. The number of aryl methyl sites for hydroxylation is 1. The highest BCUT2D eigenvalue weighted by molar-refractivity contribution is 7.91. The third-order valence-corrected chi connectivity index (χ3v) is 7.61. The Morgan fingerprint density at radius 1 is 1.50 bits per heavy atom. The van der Waals surface area contributed by atoms with Crippen LogP contribution in [-0.2, 0) is 16.4 Å². The van der Waals surface area contributed by atoms with E-state index < -0.39 is 10.0 Å². The van der Waals surface area contributed by atoms with Crippen molar-refractivity contribution in [3.63, 3.8) is 0 Å². The molecule has 7 nitrogen and oxygen atoms in total. The second-order valence-corrected chi connectivity index (χ2v) is 9.49. The zero-order chi connectivity index (χ0) is 17.3. The summed E-state index contributed by atoms with van der Waals surface area (Å²) in [5.74, 6) is 0.991. The summed E-state index contributed by atoms with van der Waals surface area (Å²) in [6.07, 6.45) is 2.13. The Kier molecular flexibility index (Phi) is 5.05. The van der Waals surface area contributed by atoms with Gasteiger partial charge in [-0.15, -0.1) is 11.3 Å². The van der Waals surface area contributed by atoms with E-state index in [1.807, 2.05) is 27.0 Å². The van der Waals surface area contributed by atoms with Crippen molar-refractivity contribution in [2.75, 3.05) is 13.6 Å². The summed E-state index contributed by atoms with van der Waals surface area (Å²) in [4.78, 5) is 5.40. The van der Waals surface area contributed by atoms with Gasteiger partial charge in [-0.1, -0.05) is 5.16 Å². The van der Waals surface area contributed by atoms with E-state index in [1.165, 1.54) is 15.6 Å². The fourth-order valence-corrected chi connectivity index (χ4v) is 5.87. The first-order valence-electron chi connectivity index (χ1n) is 8.00. The van der Waals surface area contributed by atoms with Crippen LogP contribution in [0.5, 0.6) is 0 Å². The van der Waals surface area contributed by atoms with E-state index in [-0.39, 0.29) is 12.1 Å². The first kappa shape index (κ1) is 17.5. The van der Waals surface area contributed by atoms with Gasteiger partial charge in [-0.25, -0.2) is 8.42 Å². The van der Waals surface area contributed by atoms with E-state index in [4.69, 9.17) is 4.52 Å². The van der Waals surface area contributed by atoms with E-state index >= 15 is 0 Å². The van der Waals surface area contributed by atoms with Crippen molar-refractivity contribution in [1.29, 1.82) is 0 Å². The van der Waals surface area contributed by atoms with E-state index in [0.717, 1.165) is 11.3 Å². The fraction of sp³-hybridized carbons (Fsp3) is 0.600. The minimum absolute atomic E-state index is 0.230. The highest BCUT2D eigenvalue weighted by Crippen LogP contribution is 2.37. The Morgan fingerprint density at radius 2 is 2.29 bits per heavy atom. The topological polar surface area (TPSA) is 88.3 Å². The molecule has 1 fully saturated rings. The van der Waals surface area contributed by atoms with Gasteiger partial charge in [0.25, 0.3) is 10.0 Å².